The number of aliphatic hydroxyl groups excluding tert-OH is 1. The summed E-state index contributed by atoms with van der Waals surface area (Å²) in [6.45, 7) is -0.638. The largest absolute Gasteiger partial charge is 0.395 e. The average molecular weight is 198 g/mol. The molecule has 0 radical (unpaired) electrons. The van der Waals surface area contributed by atoms with Gasteiger partial charge in [-0.3, -0.25) is 0 Å². The van der Waals surface area contributed by atoms with E-state index in [0.29, 0.717) is 0 Å². The van der Waals surface area contributed by atoms with Crippen molar-refractivity contribution < 1.29 is 17.9 Å². The van der Waals surface area contributed by atoms with Crippen molar-refractivity contribution in [1.82, 2.24) is 4.31 Å². The molecule has 2 atom stereocenters. The summed E-state index contributed by atoms with van der Waals surface area (Å²) in [7, 11) is -3.86. The minimum absolute atomic E-state index is 0.0208. The maximum atomic E-state index is 12.7. The number of halogens is 1. The van der Waals surface area contributed by atoms with Crippen LogP contribution in [-0.2, 0) is 10.2 Å². The second-order valence-corrected chi connectivity index (χ2v) is 4.28. The molecule has 0 saturated carbocycles. The van der Waals surface area contributed by atoms with Gasteiger partial charge in [-0.15, -0.1) is 0 Å². The maximum absolute atomic E-state index is 12.7. The first-order valence-electron chi connectivity index (χ1n) is 3.49. The SMILES string of the molecule is NS(=O)(=O)N1CC(F)CC1CO. The van der Waals surface area contributed by atoms with Crippen molar-refractivity contribution >= 4 is 10.2 Å². The third kappa shape index (κ3) is 1.92. The van der Waals surface area contributed by atoms with E-state index in [9.17, 15) is 12.8 Å². The van der Waals surface area contributed by atoms with E-state index in [4.69, 9.17) is 10.2 Å². The van der Waals surface area contributed by atoms with Crippen LogP contribution in [0.3, 0.4) is 0 Å². The van der Waals surface area contributed by atoms with E-state index >= 15 is 0 Å². The summed E-state index contributed by atoms with van der Waals surface area (Å²) in [5.41, 5.74) is 0. The van der Waals surface area contributed by atoms with Crippen LogP contribution in [0.4, 0.5) is 4.39 Å². The van der Waals surface area contributed by atoms with Crippen molar-refractivity contribution in [3.8, 4) is 0 Å². The van der Waals surface area contributed by atoms with Crippen LogP contribution in [0.15, 0.2) is 0 Å². The van der Waals surface area contributed by atoms with E-state index in [2.05, 4.69) is 0 Å². The van der Waals surface area contributed by atoms with Crippen molar-refractivity contribution in [3.05, 3.63) is 0 Å². The highest BCUT2D eigenvalue weighted by Gasteiger charge is 2.37. The molecule has 2 unspecified atom stereocenters. The lowest BCUT2D eigenvalue weighted by Crippen LogP contribution is -2.41. The van der Waals surface area contributed by atoms with Gasteiger partial charge in [0.2, 0.25) is 0 Å². The molecule has 72 valence electrons. The van der Waals surface area contributed by atoms with Gasteiger partial charge in [0.1, 0.15) is 6.17 Å². The second kappa shape index (κ2) is 3.25. The van der Waals surface area contributed by atoms with Crippen LogP contribution in [0.25, 0.3) is 0 Å². The van der Waals surface area contributed by atoms with Gasteiger partial charge in [-0.2, -0.15) is 12.7 Å². The molecule has 0 aromatic carbocycles. The highest BCUT2D eigenvalue weighted by molar-refractivity contribution is 7.86. The molecule has 1 aliphatic heterocycles. The Morgan fingerprint density at radius 2 is 2.25 bits per heavy atom. The monoisotopic (exact) mass is 198 g/mol. The fourth-order valence-corrected chi connectivity index (χ4v) is 2.25. The zero-order valence-electron chi connectivity index (χ0n) is 6.35. The van der Waals surface area contributed by atoms with Crippen LogP contribution in [0.5, 0.6) is 0 Å². The molecule has 5 nitrogen and oxygen atoms in total. The molecule has 1 rings (SSSR count). The Labute approximate surface area is 70.1 Å². The number of hydrogen-bond acceptors (Lipinski definition) is 3. The Hall–Kier alpha value is -0.240. The van der Waals surface area contributed by atoms with Crippen molar-refractivity contribution in [2.75, 3.05) is 13.2 Å². The molecular formula is C5H11FN2O3S. The van der Waals surface area contributed by atoms with Gasteiger partial charge < -0.3 is 5.11 Å². The normalized spacial score (nSPS) is 32.6. The predicted molar refractivity (Wildman–Crippen MR) is 40.2 cm³/mol. The van der Waals surface area contributed by atoms with E-state index in [-0.39, 0.29) is 13.0 Å². The average Bonchev–Trinajstić information content (AvgIpc) is 2.29. The number of nitrogens with two attached hydrogens (primary N) is 1. The van der Waals surface area contributed by atoms with Gasteiger partial charge in [0.05, 0.1) is 12.6 Å². The summed E-state index contributed by atoms with van der Waals surface area (Å²) >= 11 is 0. The van der Waals surface area contributed by atoms with Gasteiger partial charge in [0, 0.05) is 6.54 Å². The molecule has 7 heteroatoms. The molecular weight excluding hydrogens is 187 g/mol. The highest BCUT2D eigenvalue weighted by Crippen LogP contribution is 2.21. The maximum Gasteiger partial charge on any atom is 0.277 e. The number of hydrogen-bond donors (Lipinski definition) is 2. The number of nitrogens with zero attached hydrogens (tertiary/aromatic N) is 1. The Morgan fingerprint density at radius 1 is 1.67 bits per heavy atom. The van der Waals surface area contributed by atoms with Gasteiger partial charge >= 0.3 is 0 Å². The molecule has 1 heterocycles. The summed E-state index contributed by atoms with van der Waals surface area (Å²) in [4.78, 5) is 0. The fourth-order valence-electron chi connectivity index (χ4n) is 1.31. The first-order chi connectivity index (χ1) is 5.45. The third-order valence-electron chi connectivity index (χ3n) is 1.85. The summed E-state index contributed by atoms with van der Waals surface area (Å²) < 4.78 is 35.0. The van der Waals surface area contributed by atoms with Crippen LogP contribution >= 0.6 is 0 Å². The minimum atomic E-state index is -3.86. The van der Waals surface area contributed by atoms with Gasteiger partial charge in [-0.05, 0) is 6.42 Å². The Morgan fingerprint density at radius 3 is 2.58 bits per heavy atom. The molecule has 1 saturated heterocycles. The van der Waals surface area contributed by atoms with E-state index in [1.54, 1.807) is 0 Å². The second-order valence-electron chi connectivity index (χ2n) is 2.78. The molecule has 3 N–H and O–H groups in total. The molecule has 0 aromatic rings. The molecule has 0 amide bonds. The highest BCUT2D eigenvalue weighted by atomic mass is 32.2. The standard InChI is InChI=1S/C5H11FN2O3S/c6-4-1-5(3-9)8(2-4)12(7,10)11/h4-5,9H,1-3H2,(H2,7,10,11). The van der Waals surface area contributed by atoms with Crippen LogP contribution in [0, 0.1) is 0 Å². The van der Waals surface area contributed by atoms with Crippen molar-refractivity contribution in [2.24, 2.45) is 5.14 Å². The van der Waals surface area contributed by atoms with Crippen LogP contribution in [0.2, 0.25) is 0 Å². The van der Waals surface area contributed by atoms with Crippen LogP contribution in [-0.4, -0.2) is 43.2 Å². The molecule has 0 spiro atoms. The van der Waals surface area contributed by atoms with Crippen molar-refractivity contribution in [2.45, 2.75) is 18.6 Å². The summed E-state index contributed by atoms with van der Waals surface area (Å²) in [5.74, 6) is 0. The summed E-state index contributed by atoms with van der Waals surface area (Å²) in [6.07, 6.45) is -1.20. The smallest absolute Gasteiger partial charge is 0.277 e. The van der Waals surface area contributed by atoms with Gasteiger partial charge in [-0.1, -0.05) is 0 Å². The Balaban J connectivity index is 2.78. The van der Waals surface area contributed by atoms with E-state index in [1.807, 2.05) is 0 Å². The van der Waals surface area contributed by atoms with Gasteiger partial charge in [0.15, 0.2) is 0 Å². The Kier molecular flexibility index (Phi) is 2.67. The topological polar surface area (TPSA) is 83.6 Å². The first kappa shape index (κ1) is 9.85. The molecule has 12 heavy (non-hydrogen) atoms. The zero-order valence-corrected chi connectivity index (χ0v) is 7.17. The molecule has 1 fully saturated rings. The fraction of sp³-hybridized carbons (Fsp3) is 1.00. The van der Waals surface area contributed by atoms with Gasteiger partial charge in [0.25, 0.3) is 10.2 Å². The first-order valence-corrected chi connectivity index (χ1v) is 5.00. The van der Waals surface area contributed by atoms with E-state index in [0.717, 1.165) is 4.31 Å². The Bertz CT molecular complexity index is 255. The molecule has 0 aromatic heterocycles. The van der Waals surface area contributed by atoms with Crippen LogP contribution < -0.4 is 5.14 Å². The molecule has 0 bridgehead atoms. The zero-order chi connectivity index (χ0) is 9.35. The number of aliphatic hydroxyl groups is 1. The van der Waals surface area contributed by atoms with Crippen LogP contribution in [0.1, 0.15) is 6.42 Å². The molecule has 1 aliphatic rings. The lowest BCUT2D eigenvalue weighted by molar-refractivity contribution is 0.213. The van der Waals surface area contributed by atoms with Gasteiger partial charge in [-0.25, -0.2) is 9.53 Å². The minimum Gasteiger partial charge on any atom is -0.395 e. The third-order valence-corrected chi connectivity index (χ3v) is 2.95. The summed E-state index contributed by atoms with van der Waals surface area (Å²) in [6, 6.07) is -0.699. The number of alkyl halides is 1. The molecule has 0 aliphatic carbocycles. The van der Waals surface area contributed by atoms with Crippen molar-refractivity contribution in [1.29, 1.82) is 0 Å². The van der Waals surface area contributed by atoms with Crippen molar-refractivity contribution in [3.63, 3.8) is 0 Å². The number of rotatable bonds is 2. The van der Waals surface area contributed by atoms with E-state index < -0.39 is 29.0 Å². The summed E-state index contributed by atoms with van der Waals surface area (Å²) in [5, 5.41) is 13.5. The lowest BCUT2D eigenvalue weighted by Gasteiger charge is -2.18. The lowest BCUT2D eigenvalue weighted by atomic mass is 10.2. The van der Waals surface area contributed by atoms with E-state index in [1.165, 1.54) is 0 Å². The quantitative estimate of drug-likeness (QED) is 0.572. The predicted octanol–water partition coefficient (Wildman–Crippen LogP) is -1.41.